The topological polar surface area (TPSA) is 27.1 Å². The van der Waals surface area contributed by atoms with Gasteiger partial charge in [-0.15, -0.1) is 11.6 Å². The summed E-state index contributed by atoms with van der Waals surface area (Å²) < 4.78 is 21.8. The predicted octanol–water partition coefficient (Wildman–Crippen LogP) is 3.48. The number of rotatable bonds is 3. The van der Waals surface area contributed by atoms with Gasteiger partial charge in [-0.25, -0.2) is 9.37 Å². The van der Waals surface area contributed by atoms with Crippen LogP contribution >= 0.6 is 11.6 Å². The molecule has 3 rings (SSSR count). The molecule has 1 saturated heterocycles. The summed E-state index contributed by atoms with van der Waals surface area (Å²) in [5.74, 6) is 1.02. The largest absolute Gasteiger partial charge is 0.376 e. The molecule has 3 nitrogen and oxygen atoms in total. The van der Waals surface area contributed by atoms with Crippen molar-refractivity contribution in [1.82, 2.24) is 9.55 Å². The van der Waals surface area contributed by atoms with Crippen LogP contribution in [0.1, 0.15) is 26.1 Å². The minimum absolute atomic E-state index is 0.0669. The van der Waals surface area contributed by atoms with Crippen LogP contribution in [0.3, 0.4) is 0 Å². The molecule has 2 heterocycles. The van der Waals surface area contributed by atoms with Gasteiger partial charge in [-0.1, -0.05) is 6.07 Å². The van der Waals surface area contributed by atoms with E-state index >= 15 is 0 Å². The lowest BCUT2D eigenvalue weighted by Gasteiger charge is -2.32. The highest BCUT2D eigenvalue weighted by atomic mass is 35.5. The number of alkyl halides is 1. The fourth-order valence-corrected chi connectivity index (χ4v) is 3.22. The van der Waals surface area contributed by atoms with Gasteiger partial charge in [0.15, 0.2) is 5.82 Å². The molecule has 0 bridgehead atoms. The average Bonchev–Trinajstić information content (AvgIpc) is 2.93. The number of benzene rings is 1. The summed E-state index contributed by atoms with van der Waals surface area (Å²) in [7, 11) is 0. The zero-order valence-corrected chi connectivity index (χ0v) is 12.5. The number of hydrogen-bond acceptors (Lipinski definition) is 2. The standard InChI is InChI=1S/C15H18ClFN2O/c1-10-15(2,7-9-20-10)19-12-5-3-4-11(17)14(12)18-13(19)6-8-16/h3-5,10H,6-9H2,1-2H3. The van der Waals surface area contributed by atoms with Crippen molar-refractivity contribution in [2.45, 2.75) is 38.3 Å². The van der Waals surface area contributed by atoms with E-state index in [1.807, 2.05) is 6.07 Å². The lowest BCUT2D eigenvalue weighted by molar-refractivity contribution is 0.0764. The maximum absolute atomic E-state index is 14.0. The molecule has 0 spiro atoms. The second kappa shape index (κ2) is 5.01. The van der Waals surface area contributed by atoms with Crippen LogP contribution < -0.4 is 0 Å². The number of halogens is 2. The molecule has 1 fully saturated rings. The second-order valence-electron chi connectivity index (χ2n) is 5.53. The lowest BCUT2D eigenvalue weighted by atomic mass is 9.93. The summed E-state index contributed by atoms with van der Waals surface area (Å²) in [6, 6.07) is 5.09. The van der Waals surface area contributed by atoms with Crippen molar-refractivity contribution in [2.75, 3.05) is 12.5 Å². The Bertz CT molecular complexity index is 642. The smallest absolute Gasteiger partial charge is 0.151 e. The van der Waals surface area contributed by atoms with Crippen molar-refractivity contribution in [3.05, 3.63) is 29.8 Å². The van der Waals surface area contributed by atoms with Crippen LogP contribution in [0.4, 0.5) is 4.39 Å². The summed E-state index contributed by atoms with van der Waals surface area (Å²) in [5.41, 5.74) is 1.04. The van der Waals surface area contributed by atoms with Crippen molar-refractivity contribution < 1.29 is 9.13 Å². The number of para-hydroxylation sites is 1. The first-order chi connectivity index (χ1) is 9.58. The van der Waals surface area contributed by atoms with E-state index in [1.54, 1.807) is 6.07 Å². The van der Waals surface area contributed by atoms with Gasteiger partial charge >= 0.3 is 0 Å². The molecule has 5 heteroatoms. The van der Waals surface area contributed by atoms with Gasteiger partial charge in [-0.3, -0.25) is 0 Å². The third-order valence-electron chi connectivity index (χ3n) is 4.39. The Balaban J connectivity index is 2.27. The maximum Gasteiger partial charge on any atom is 0.151 e. The van der Waals surface area contributed by atoms with E-state index in [4.69, 9.17) is 16.3 Å². The van der Waals surface area contributed by atoms with Crippen molar-refractivity contribution in [3.8, 4) is 0 Å². The van der Waals surface area contributed by atoms with Gasteiger partial charge in [-0.2, -0.15) is 0 Å². The van der Waals surface area contributed by atoms with Crippen molar-refractivity contribution in [1.29, 1.82) is 0 Å². The van der Waals surface area contributed by atoms with Crippen LogP contribution in [0.25, 0.3) is 11.0 Å². The Morgan fingerprint density at radius 1 is 1.55 bits per heavy atom. The molecule has 2 atom stereocenters. The first kappa shape index (κ1) is 13.8. The van der Waals surface area contributed by atoms with E-state index in [9.17, 15) is 4.39 Å². The molecule has 0 radical (unpaired) electrons. The summed E-state index contributed by atoms with van der Waals surface area (Å²) in [6.07, 6.45) is 1.58. The van der Waals surface area contributed by atoms with E-state index in [0.29, 0.717) is 24.4 Å². The molecule has 2 unspecified atom stereocenters. The number of fused-ring (bicyclic) bond motifs is 1. The number of aromatic nitrogens is 2. The molecule has 108 valence electrons. The van der Waals surface area contributed by atoms with Crippen LogP contribution in [-0.4, -0.2) is 28.1 Å². The highest BCUT2D eigenvalue weighted by Crippen LogP contribution is 2.37. The predicted molar refractivity (Wildman–Crippen MR) is 77.8 cm³/mol. The summed E-state index contributed by atoms with van der Waals surface area (Å²) in [4.78, 5) is 4.47. The van der Waals surface area contributed by atoms with Gasteiger partial charge in [0.1, 0.15) is 11.3 Å². The molecule has 0 saturated carbocycles. The van der Waals surface area contributed by atoms with Gasteiger partial charge in [-0.05, 0) is 32.4 Å². The zero-order valence-electron chi connectivity index (χ0n) is 11.7. The zero-order chi connectivity index (χ0) is 14.3. The fraction of sp³-hybridized carbons (Fsp3) is 0.533. The molecule has 1 aliphatic heterocycles. The van der Waals surface area contributed by atoms with Crippen molar-refractivity contribution in [3.63, 3.8) is 0 Å². The normalized spacial score (nSPS) is 26.5. The lowest BCUT2D eigenvalue weighted by Crippen LogP contribution is -2.38. The molecule has 0 N–H and O–H groups in total. The SMILES string of the molecule is CC1OCCC1(C)n1c(CCCl)nc2c(F)cccc21. The first-order valence-electron chi connectivity index (χ1n) is 6.92. The van der Waals surface area contributed by atoms with Gasteiger partial charge in [0, 0.05) is 18.9 Å². The quantitative estimate of drug-likeness (QED) is 0.811. The Labute approximate surface area is 122 Å². The summed E-state index contributed by atoms with van der Waals surface area (Å²) in [6.45, 7) is 4.92. The minimum Gasteiger partial charge on any atom is -0.376 e. The van der Waals surface area contributed by atoms with Crippen molar-refractivity contribution >= 4 is 22.6 Å². The number of ether oxygens (including phenoxy) is 1. The van der Waals surface area contributed by atoms with Crippen LogP contribution in [0.5, 0.6) is 0 Å². The third kappa shape index (κ3) is 1.93. The van der Waals surface area contributed by atoms with Gasteiger partial charge in [0.05, 0.1) is 17.2 Å². The molecule has 2 aromatic rings. The molecule has 0 aliphatic carbocycles. The summed E-state index contributed by atoms with van der Waals surface area (Å²) in [5, 5.41) is 0. The Kier molecular flexibility index (Phi) is 3.46. The fourth-order valence-electron chi connectivity index (χ4n) is 3.05. The Hall–Kier alpha value is -1.13. The highest BCUT2D eigenvalue weighted by molar-refractivity contribution is 6.17. The molecule has 1 aromatic heterocycles. The van der Waals surface area contributed by atoms with Gasteiger partial charge < -0.3 is 9.30 Å². The van der Waals surface area contributed by atoms with Crippen LogP contribution in [0, 0.1) is 5.82 Å². The molecule has 20 heavy (non-hydrogen) atoms. The molecule has 1 aromatic carbocycles. The molecular weight excluding hydrogens is 279 g/mol. The first-order valence-corrected chi connectivity index (χ1v) is 7.45. The van der Waals surface area contributed by atoms with Crippen LogP contribution in [-0.2, 0) is 16.7 Å². The van der Waals surface area contributed by atoms with E-state index in [2.05, 4.69) is 23.4 Å². The monoisotopic (exact) mass is 296 g/mol. The van der Waals surface area contributed by atoms with Crippen LogP contribution in [0.15, 0.2) is 18.2 Å². The molecule has 0 amide bonds. The summed E-state index contributed by atoms with van der Waals surface area (Å²) >= 11 is 5.89. The highest BCUT2D eigenvalue weighted by Gasteiger charge is 2.41. The van der Waals surface area contributed by atoms with E-state index in [1.165, 1.54) is 6.07 Å². The number of nitrogens with zero attached hydrogens (tertiary/aromatic N) is 2. The molecule has 1 aliphatic rings. The Morgan fingerprint density at radius 3 is 3.00 bits per heavy atom. The second-order valence-corrected chi connectivity index (χ2v) is 5.91. The number of aryl methyl sites for hydroxylation is 1. The molecular formula is C15H18ClFN2O. The average molecular weight is 297 g/mol. The number of imidazole rings is 1. The van der Waals surface area contributed by atoms with E-state index in [0.717, 1.165) is 17.8 Å². The number of hydrogen-bond donors (Lipinski definition) is 0. The van der Waals surface area contributed by atoms with Crippen molar-refractivity contribution in [2.24, 2.45) is 0 Å². The minimum atomic E-state index is -0.285. The van der Waals surface area contributed by atoms with Gasteiger partial charge in [0.2, 0.25) is 0 Å². The van der Waals surface area contributed by atoms with E-state index < -0.39 is 0 Å². The van der Waals surface area contributed by atoms with Crippen LogP contribution in [0.2, 0.25) is 0 Å². The van der Waals surface area contributed by atoms with E-state index in [-0.39, 0.29) is 17.5 Å². The maximum atomic E-state index is 14.0. The third-order valence-corrected chi connectivity index (χ3v) is 4.58. The van der Waals surface area contributed by atoms with Gasteiger partial charge in [0.25, 0.3) is 0 Å². The Morgan fingerprint density at radius 2 is 2.35 bits per heavy atom.